The molecule has 0 bridgehead atoms. The lowest BCUT2D eigenvalue weighted by atomic mass is 10.0. The third-order valence-corrected chi connectivity index (χ3v) is 3.99. The van der Waals surface area contributed by atoms with Gasteiger partial charge in [-0.1, -0.05) is 29.8 Å². The number of amides is 1. The smallest absolute Gasteiger partial charge is 0.251 e. The van der Waals surface area contributed by atoms with E-state index >= 15 is 0 Å². The quantitative estimate of drug-likeness (QED) is 0.774. The normalized spacial score (nSPS) is 11.7. The van der Waals surface area contributed by atoms with Gasteiger partial charge in [0.25, 0.3) is 5.91 Å². The summed E-state index contributed by atoms with van der Waals surface area (Å²) in [6.07, 6.45) is 3.61. The van der Waals surface area contributed by atoms with E-state index in [-0.39, 0.29) is 12.3 Å². The lowest BCUT2D eigenvalue weighted by Gasteiger charge is -2.17. The van der Waals surface area contributed by atoms with Crippen LogP contribution < -0.4 is 5.32 Å². The van der Waals surface area contributed by atoms with Crippen molar-refractivity contribution in [2.24, 2.45) is 0 Å². The first-order valence-corrected chi connectivity index (χ1v) is 7.82. The van der Waals surface area contributed by atoms with Crippen molar-refractivity contribution in [2.45, 2.75) is 12.5 Å². The molecule has 0 fully saturated rings. The second-order valence-electron chi connectivity index (χ2n) is 5.38. The van der Waals surface area contributed by atoms with Gasteiger partial charge in [-0.05, 0) is 41.3 Å². The van der Waals surface area contributed by atoms with Crippen LogP contribution in [0.1, 0.15) is 28.4 Å². The maximum absolute atomic E-state index is 12.6. The fourth-order valence-corrected chi connectivity index (χ4v) is 2.73. The van der Waals surface area contributed by atoms with E-state index in [1.807, 2.05) is 24.3 Å². The summed E-state index contributed by atoms with van der Waals surface area (Å²) in [4.78, 5) is 16.6. The first-order chi connectivity index (χ1) is 11.7. The number of aromatic nitrogens is 1. The fraction of sp³-hybridized carbons (Fsp3) is 0.105. The van der Waals surface area contributed by atoms with Crippen LogP contribution in [0.2, 0.25) is 5.02 Å². The Labute approximate surface area is 144 Å². The number of nitrogens with zero attached hydrogens (tertiary/aromatic N) is 2. The van der Waals surface area contributed by atoms with Gasteiger partial charge in [0.15, 0.2) is 0 Å². The monoisotopic (exact) mass is 335 g/mol. The highest BCUT2D eigenvalue weighted by Crippen LogP contribution is 2.21. The third-order valence-electron chi connectivity index (χ3n) is 3.75. The van der Waals surface area contributed by atoms with E-state index in [1.165, 1.54) is 0 Å². The molecule has 118 valence electrons. The summed E-state index contributed by atoms with van der Waals surface area (Å²) in [5.41, 5.74) is 1.35. The molecule has 1 amide bonds. The van der Waals surface area contributed by atoms with E-state index in [9.17, 15) is 4.79 Å². The molecule has 5 heteroatoms. The summed E-state index contributed by atoms with van der Waals surface area (Å²) >= 11 is 6.01. The van der Waals surface area contributed by atoms with Crippen molar-refractivity contribution in [2.75, 3.05) is 0 Å². The number of carbonyl (C=O) groups is 1. The van der Waals surface area contributed by atoms with Gasteiger partial charge in [0.05, 0.1) is 18.5 Å². The number of nitrogens with one attached hydrogen (secondary N) is 1. The lowest BCUT2D eigenvalue weighted by molar-refractivity contribution is 0.0937. The molecule has 0 radical (unpaired) electrons. The second-order valence-corrected chi connectivity index (χ2v) is 5.82. The summed E-state index contributed by atoms with van der Waals surface area (Å²) in [5, 5.41) is 14.4. The van der Waals surface area contributed by atoms with E-state index in [0.717, 1.165) is 16.3 Å². The number of hydrogen-bond donors (Lipinski definition) is 1. The van der Waals surface area contributed by atoms with E-state index < -0.39 is 6.04 Å². The molecule has 2 aromatic carbocycles. The number of nitriles is 1. The Bertz CT molecular complexity index is 933. The van der Waals surface area contributed by atoms with Crippen LogP contribution in [-0.2, 0) is 0 Å². The van der Waals surface area contributed by atoms with Crippen molar-refractivity contribution < 1.29 is 4.79 Å². The van der Waals surface area contributed by atoms with Gasteiger partial charge in [-0.3, -0.25) is 9.78 Å². The Kier molecular flexibility index (Phi) is 4.74. The molecule has 3 rings (SSSR count). The number of halogens is 1. The first-order valence-electron chi connectivity index (χ1n) is 7.44. The van der Waals surface area contributed by atoms with Crippen molar-refractivity contribution in [1.82, 2.24) is 10.3 Å². The minimum atomic E-state index is -0.408. The average Bonchev–Trinajstić information content (AvgIpc) is 2.61. The lowest BCUT2D eigenvalue weighted by Crippen LogP contribution is -2.28. The highest BCUT2D eigenvalue weighted by Gasteiger charge is 2.16. The molecule has 0 spiro atoms. The van der Waals surface area contributed by atoms with Gasteiger partial charge in [0.2, 0.25) is 0 Å². The van der Waals surface area contributed by atoms with E-state index in [0.29, 0.717) is 10.6 Å². The van der Waals surface area contributed by atoms with Crippen molar-refractivity contribution in [3.63, 3.8) is 0 Å². The Morgan fingerprint density at radius 2 is 2.08 bits per heavy atom. The Balaban J connectivity index is 1.86. The van der Waals surface area contributed by atoms with E-state index in [1.54, 1.807) is 36.7 Å². The molecule has 0 aliphatic carbocycles. The molecule has 1 unspecified atom stereocenters. The topological polar surface area (TPSA) is 65.8 Å². The van der Waals surface area contributed by atoms with Crippen molar-refractivity contribution in [3.05, 3.63) is 77.1 Å². The second kappa shape index (κ2) is 7.12. The van der Waals surface area contributed by atoms with Gasteiger partial charge >= 0.3 is 0 Å². The van der Waals surface area contributed by atoms with Crippen LogP contribution in [0.25, 0.3) is 10.8 Å². The average molecular weight is 336 g/mol. The van der Waals surface area contributed by atoms with Crippen LogP contribution in [0.4, 0.5) is 0 Å². The highest BCUT2D eigenvalue weighted by molar-refractivity contribution is 6.30. The number of pyridine rings is 1. The number of hydrogen-bond acceptors (Lipinski definition) is 3. The van der Waals surface area contributed by atoms with Crippen molar-refractivity contribution in [3.8, 4) is 6.07 Å². The number of benzene rings is 2. The summed E-state index contributed by atoms with van der Waals surface area (Å²) in [5.74, 6) is -0.228. The maximum Gasteiger partial charge on any atom is 0.251 e. The number of rotatable bonds is 4. The standard InChI is InChI=1S/C19H14ClN3O/c20-17-3-1-2-14(11-17)18(6-8-21)23-19(24)15-4-5-16-12-22-9-7-13(16)10-15/h1-5,7,9-12,18H,6H2,(H,23,24). The molecular weight excluding hydrogens is 322 g/mol. The van der Waals surface area contributed by atoms with Crippen LogP contribution in [-0.4, -0.2) is 10.9 Å². The minimum Gasteiger partial charge on any atom is -0.344 e. The molecule has 0 saturated heterocycles. The molecule has 1 atom stereocenters. The molecule has 4 nitrogen and oxygen atoms in total. The molecule has 0 aliphatic rings. The van der Waals surface area contributed by atoms with Crippen LogP contribution in [0.5, 0.6) is 0 Å². The van der Waals surface area contributed by atoms with Gasteiger partial charge in [-0.25, -0.2) is 0 Å². The molecule has 1 aromatic heterocycles. The van der Waals surface area contributed by atoms with E-state index in [4.69, 9.17) is 16.9 Å². The van der Waals surface area contributed by atoms with Crippen LogP contribution >= 0.6 is 11.6 Å². The van der Waals surface area contributed by atoms with Crippen molar-refractivity contribution >= 4 is 28.3 Å². The fourth-order valence-electron chi connectivity index (χ4n) is 2.53. The van der Waals surface area contributed by atoms with Gasteiger partial charge in [0, 0.05) is 28.4 Å². The van der Waals surface area contributed by atoms with Gasteiger partial charge in [-0.2, -0.15) is 5.26 Å². The van der Waals surface area contributed by atoms with Gasteiger partial charge in [-0.15, -0.1) is 0 Å². The summed E-state index contributed by atoms with van der Waals surface area (Å²) < 4.78 is 0. The number of fused-ring (bicyclic) bond motifs is 1. The molecule has 3 aromatic rings. The maximum atomic E-state index is 12.6. The van der Waals surface area contributed by atoms with Crippen LogP contribution in [0, 0.1) is 11.3 Å². The Morgan fingerprint density at radius 3 is 2.88 bits per heavy atom. The number of carbonyl (C=O) groups excluding carboxylic acids is 1. The molecule has 1 heterocycles. The zero-order chi connectivity index (χ0) is 16.9. The zero-order valence-electron chi connectivity index (χ0n) is 12.7. The summed E-state index contributed by atoms with van der Waals surface area (Å²) in [6, 6.07) is 16.1. The molecule has 0 saturated carbocycles. The minimum absolute atomic E-state index is 0.170. The van der Waals surface area contributed by atoms with Crippen LogP contribution in [0.15, 0.2) is 60.9 Å². The molecular formula is C19H14ClN3O. The molecule has 0 aliphatic heterocycles. The van der Waals surface area contributed by atoms with Gasteiger partial charge < -0.3 is 5.32 Å². The first kappa shape index (κ1) is 16.0. The van der Waals surface area contributed by atoms with Crippen molar-refractivity contribution in [1.29, 1.82) is 5.26 Å². The SMILES string of the molecule is N#CCC(NC(=O)c1ccc2cnccc2c1)c1cccc(Cl)c1. The molecule has 24 heavy (non-hydrogen) atoms. The van der Waals surface area contributed by atoms with Crippen LogP contribution in [0.3, 0.4) is 0 Å². The van der Waals surface area contributed by atoms with Gasteiger partial charge in [0.1, 0.15) is 0 Å². The Hall–Kier alpha value is -2.90. The predicted octanol–water partition coefficient (Wildman–Crippen LogP) is 4.27. The summed E-state index contributed by atoms with van der Waals surface area (Å²) in [7, 11) is 0. The summed E-state index contributed by atoms with van der Waals surface area (Å²) in [6.45, 7) is 0. The van der Waals surface area contributed by atoms with E-state index in [2.05, 4.69) is 16.4 Å². The molecule has 1 N–H and O–H groups in total. The Morgan fingerprint density at radius 1 is 1.21 bits per heavy atom. The third kappa shape index (κ3) is 3.53. The zero-order valence-corrected chi connectivity index (χ0v) is 13.5. The highest BCUT2D eigenvalue weighted by atomic mass is 35.5. The predicted molar refractivity (Wildman–Crippen MR) is 93.6 cm³/mol. The largest absolute Gasteiger partial charge is 0.344 e.